The number of aliphatic hydroxyl groups is 2. The number of amides is 2. The van der Waals surface area contributed by atoms with Gasteiger partial charge in [0.2, 0.25) is 11.8 Å². The summed E-state index contributed by atoms with van der Waals surface area (Å²) in [5, 5.41) is 24.4. The van der Waals surface area contributed by atoms with E-state index in [0.29, 0.717) is 45.1 Å². The number of esters is 1. The van der Waals surface area contributed by atoms with E-state index in [9.17, 15) is 24.6 Å². The highest BCUT2D eigenvalue weighted by Crippen LogP contribution is 2.07. The van der Waals surface area contributed by atoms with Crippen LogP contribution in [0.2, 0.25) is 0 Å². The quantitative estimate of drug-likeness (QED) is 0.0279. The van der Waals surface area contributed by atoms with Crippen LogP contribution in [0.1, 0.15) is 136 Å². The first-order valence-corrected chi connectivity index (χ1v) is 22.8. The maximum absolute atomic E-state index is 12.8. The minimum absolute atomic E-state index is 0.0353. The molecule has 0 aliphatic heterocycles. The molecular formula is C53H80N2O6. The molecule has 4 N–H and O–H groups in total. The smallest absolute Gasteiger partial charge is 0.329 e. The molecule has 0 aliphatic carbocycles. The van der Waals surface area contributed by atoms with Gasteiger partial charge in [0.1, 0.15) is 12.1 Å². The number of hydrogen-bond acceptors (Lipinski definition) is 6. The predicted octanol–water partition coefficient (Wildman–Crippen LogP) is 11.6. The van der Waals surface area contributed by atoms with Crippen LogP contribution in [0.25, 0.3) is 0 Å². The summed E-state index contributed by atoms with van der Waals surface area (Å²) in [4.78, 5) is 37.8. The molecule has 8 nitrogen and oxygen atoms in total. The SMILES string of the molecule is CC/C=C\C/C=C\C/C=C\C/C=C\C/C=C\C/C=C\CCC(=O)NCCCC[C@H](NC(=O)CC/C=C\C/C=C\C/C=C\C/C=C\C/C=C\C/C=C\CC)C(=O)OC(CO)CO. The lowest BCUT2D eigenvalue weighted by Crippen LogP contribution is -2.44. The van der Waals surface area contributed by atoms with Crippen molar-refractivity contribution in [1.82, 2.24) is 10.6 Å². The zero-order chi connectivity index (χ0) is 44.5. The Bertz CT molecular complexity index is 1450. The number of nitrogens with one attached hydrogen (secondary N) is 2. The third-order valence-electron chi connectivity index (χ3n) is 8.82. The van der Waals surface area contributed by atoms with Gasteiger partial charge in [0, 0.05) is 19.4 Å². The standard InChI is InChI=1S/C53H80N2O6/c1-3-5-7-9-11-13-15-17-19-21-23-25-27-29-31-33-35-37-39-44-51(58)54-46-42-41-43-50(53(60)61-49(47-56)48-57)55-52(59)45-40-38-36-34-32-30-28-26-24-22-20-18-16-14-12-10-8-6-4-2/h5-8,11-14,17-20,23-26,29-32,35-38,49-50,56-57H,3-4,9-10,15-16,21-22,27-28,33-34,39-48H2,1-2H3,(H,54,58)(H,55,59)/b7-5-,8-6-,13-11-,14-12-,19-17-,20-18-,25-23-,26-24-,31-29-,32-30-,37-35-,38-36-/t50-/m0/s1. The van der Waals surface area contributed by atoms with Gasteiger partial charge in [0.05, 0.1) is 13.2 Å². The molecule has 0 bridgehead atoms. The van der Waals surface area contributed by atoms with Gasteiger partial charge in [-0.1, -0.05) is 160 Å². The van der Waals surface area contributed by atoms with Crippen LogP contribution >= 0.6 is 0 Å². The van der Waals surface area contributed by atoms with Gasteiger partial charge < -0.3 is 25.6 Å². The minimum Gasteiger partial charge on any atom is -0.456 e. The third kappa shape index (κ3) is 41.7. The molecule has 0 fully saturated rings. The van der Waals surface area contributed by atoms with Crippen LogP contribution in [0.5, 0.6) is 0 Å². The molecular weight excluding hydrogens is 761 g/mol. The third-order valence-corrected chi connectivity index (χ3v) is 8.82. The Kier molecular flexibility index (Phi) is 42.6. The van der Waals surface area contributed by atoms with Crippen LogP contribution in [0, 0.1) is 0 Å². The largest absolute Gasteiger partial charge is 0.456 e. The van der Waals surface area contributed by atoms with Gasteiger partial charge in [-0.3, -0.25) is 9.59 Å². The van der Waals surface area contributed by atoms with E-state index in [1.54, 1.807) is 0 Å². The Labute approximate surface area is 370 Å². The van der Waals surface area contributed by atoms with E-state index in [4.69, 9.17) is 4.74 Å². The van der Waals surface area contributed by atoms with E-state index in [2.05, 4.69) is 152 Å². The average Bonchev–Trinajstić information content (AvgIpc) is 3.26. The highest BCUT2D eigenvalue weighted by Gasteiger charge is 2.24. The molecule has 0 aliphatic rings. The van der Waals surface area contributed by atoms with Crippen molar-refractivity contribution in [2.45, 2.75) is 148 Å². The van der Waals surface area contributed by atoms with Crippen LogP contribution < -0.4 is 10.6 Å². The summed E-state index contributed by atoms with van der Waals surface area (Å²) in [7, 11) is 0. The molecule has 0 aromatic rings. The molecule has 61 heavy (non-hydrogen) atoms. The highest BCUT2D eigenvalue weighted by atomic mass is 16.6. The molecule has 0 saturated heterocycles. The summed E-state index contributed by atoms with van der Waals surface area (Å²) < 4.78 is 5.21. The Hall–Kier alpha value is -4.79. The number of rotatable bonds is 38. The summed E-state index contributed by atoms with van der Waals surface area (Å²) in [6.07, 6.45) is 65.0. The van der Waals surface area contributed by atoms with Crippen molar-refractivity contribution >= 4 is 17.8 Å². The molecule has 0 aromatic carbocycles. The molecule has 0 aromatic heterocycles. The topological polar surface area (TPSA) is 125 Å². The number of carbonyl (C=O) groups excluding carboxylic acids is 3. The number of ether oxygens (including phenoxy) is 1. The number of aliphatic hydroxyl groups excluding tert-OH is 2. The van der Waals surface area contributed by atoms with Crippen LogP contribution in [-0.4, -0.2) is 59.9 Å². The molecule has 2 amide bonds. The second-order valence-electron chi connectivity index (χ2n) is 14.3. The fraction of sp³-hybridized carbons (Fsp3) is 0.491. The molecule has 0 unspecified atom stereocenters. The van der Waals surface area contributed by atoms with E-state index in [1.165, 1.54) is 0 Å². The van der Waals surface area contributed by atoms with Crippen molar-refractivity contribution in [3.63, 3.8) is 0 Å². The number of carbonyl (C=O) groups is 3. The van der Waals surface area contributed by atoms with Crippen LogP contribution in [0.4, 0.5) is 0 Å². The van der Waals surface area contributed by atoms with Crippen LogP contribution in [-0.2, 0) is 19.1 Å². The van der Waals surface area contributed by atoms with Crippen molar-refractivity contribution < 1.29 is 29.3 Å². The highest BCUT2D eigenvalue weighted by molar-refractivity contribution is 5.84. The Morgan fingerprint density at radius 1 is 0.459 bits per heavy atom. The summed E-state index contributed by atoms with van der Waals surface area (Å²) >= 11 is 0. The lowest BCUT2D eigenvalue weighted by atomic mass is 10.1. The van der Waals surface area contributed by atoms with Gasteiger partial charge >= 0.3 is 5.97 Å². The molecule has 1 atom stereocenters. The maximum Gasteiger partial charge on any atom is 0.329 e. The first-order valence-electron chi connectivity index (χ1n) is 22.8. The lowest BCUT2D eigenvalue weighted by Gasteiger charge is -2.20. The number of hydrogen-bond donors (Lipinski definition) is 4. The van der Waals surface area contributed by atoms with Crippen molar-refractivity contribution in [2.24, 2.45) is 0 Å². The van der Waals surface area contributed by atoms with Crippen LogP contribution in [0.15, 0.2) is 146 Å². The van der Waals surface area contributed by atoms with E-state index < -0.39 is 31.3 Å². The summed E-state index contributed by atoms with van der Waals surface area (Å²) in [5.74, 6) is -1.02. The molecule has 0 rings (SSSR count). The zero-order valence-electron chi connectivity index (χ0n) is 37.6. The summed E-state index contributed by atoms with van der Waals surface area (Å²) in [5.41, 5.74) is 0. The summed E-state index contributed by atoms with van der Waals surface area (Å²) in [6, 6.07) is -0.915. The van der Waals surface area contributed by atoms with Crippen molar-refractivity contribution in [2.75, 3.05) is 19.8 Å². The van der Waals surface area contributed by atoms with E-state index >= 15 is 0 Å². The number of allylic oxidation sites excluding steroid dienone is 24. The monoisotopic (exact) mass is 841 g/mol. The molecule has 8 heteroatoms. The Morgan fingerprint density at radius 3 is 1.13 bits per heavy atom. The molecule has 0 saturated carbocycles. The lowest BCUT2D eigenvalue weighted by molar-refractivity contribution is -0.157. The fourth-order valence-electron chi connectivity index (χ4n) is 5.39. The van der Waals surface area contributed by atoms with E-state index in [1.807, 2.05) is 18.2 Å². The zero-order valence-corrected chi connectivity index (χ0v) is 37.6. The molecule has 0 spiro atoms. The second-order valence-corrected chi connectivity index (χ2v) is 14.3. The second kappa shape index (κ2) is 46.3. The van der Waals surface area contributed by atoms with Crippen LogP contribution in [0.3, 0.4) is 0 Å². The predicted molar refractivity (Wildman–Crippen MR) is 258 cm³/mol. The first kappa shape index (κ1) is 56.2. The normalized spacial score (nSPS) is 13.5. The summed E-state index contributed by atoms with van der Waals surface area (Å²) in [6.45, 7) is 3.70. The number of unbranched alkanes of at least 4 members (excludes halogenated alkanes) is 1. The van der Waals surface area contributed by atoms with Gasteiger partial charge in [0.25, 0.3) is 0 Å². The van der Waals surface area contributed by atoms with E-state index in [0.717, 1.165) is 77.0 Å². The Morgan fingerprint density at radius 2 is 0.787 bits per heavy atom. The van der Waals surface area contributed by atoms with Crippen molar-refractivity contribution in [1.29, 1.82) is 0 Å². The van der Waals surface area contributed by atoms with Gasteiger partial charge in [-0.2, -0.15) is 0 Å². The van der Waals surface area contributed by atoms with Gasteiger partial charge in [0.15, 0.2) is 0 Å². The first-order chi connectivity index (χ1) is 30.0. The van der Waals surface area contributed by atoms with E-state index in [-0.39, 0.29) is 18.2 Å². The van der Waals surface area contributed by atoms with Gasteiger partial charge in [-0.25, -0.2) is 4.79 Å². The molecule has 338 valence electrons. The fourth-order valence-corrected chi connectivity index (χ4v) is 5.39. The maximum atomic E-state index is 12.8. The van der Waals surface area contributed by atoms with Crippen molar-refractivity contribution in [3.8, 4) is 0 Å². The van der Waals surface area contributed by atoms with Crippen molar-refractivity contribution in [3.05, 3.63) is 146 Å². The average molecular weight is 841 g/mol. The molecule has 0 radical (unpaired) electrons. The molecule has 0 heterocycles. The van der Waals surface area contributed by atoms with Gasteiger partial charge in [-0.05, 0) is 109 Å². The minimum atomic E-state index is -1.05. The Balaban J connectivity index is 4.31. The van der Waals surface area contributed by atoms with Gasteiger partial charge in [-0.15, -0.1) is 0 Å².